The molecule has 1 saturated heterocycles. The molecule has 1 amide bonds. The molecule has 0 radical (unpaired) electrons. The second-order valence-electron chi connectivity index (χ2n) is 9.54. The van der Waals surface area contributed by atoms with Crippen molar-refractivity contribution in [3.05, 3.63) is 63.6 Å². The van der Waals surface area contributed by atoms with Gasteiger partial charge in [0.2, 0.25) is 15.9 Å². The lowest BCUT2D eigenvalue weighted by Gasteiger charge is -2.31. The zero-order chi connectivity index (χ0) is 24.9. The van der Waals surface area contributed by atoms with Crippen LogP contribution in [0.1, 0.15) is 44.7 Å². The SMILES string of the molecule is CC(C)(C)c1ccccc1OCCNC(=O)C1CCCN(S(=O)(=O)Cc2c(Cl)cccc2Cl)C1. The van der Waals surface area contributed by atoms with Gasteiger partial charge in [0.25, 0.3) is 0 Å². The molecule has 9 heteroatoms. The Morgan fingerprint density at radius 2 is 1.79 bits per heavy atom. The van der Waals surface area contributed by atoms with Gasteiger partial charge in [0.1, 0.15) is 12.4 Å². The molecule has 2 aromatic carbocycles. The van der Waals surface area contributed by atoms with Gasteiger partial charge in [-0.05, 0) is 42.0 Å². The first kappa shape index (κ1) is 26.8. The number of amides is 1. The third-order valence-electron chi connectivity index (χ3n) is 5.89. The van der Waals surface area contributed by atoms with Crippen LogP contribution >= 0.6 is 23.2 Å². The number of hydrogen-bond acceptors (Lipinski definition) is 4. The van der Waals surface area contributed by atoms with Gasteiger partial charge >= 0.3 is 0 Å². The quantitative estimate of drug-likeness (QED) is 0.489. The molecule has 186 valence electrons. The predicted octanol–water partition coefficient (Wildman–Crippen LogP) is 5.03. The molecule has 3 rings (SSSR count). The minimum Gasteiger partial charge on any atom is -0.491 e. The van der Waals surface area contributed by atoms with E-state index in [0.717, 1.165) is 11.3 Å². The van der Waals surface area contributed by atoms with Crippen LogP contribution in [0.2, 0.25) is 10.0 Å². The fourth-order valence-electron chi connectivity index (χ4n) is 4.04. The number of piperidine rings is 1. The molecule has 0 aromatic heterocycles. The number of nitrogens with zero attached hydrogens (tertiary/aromatic N) is 1. The van der Waals surface area contributed by atoms with Crippen LogP contribution in [0.4, 0.5) is 0 Å². The summed E-state index contributed by atoms with van der Waals surface area (Å²) in [7, 11) is -3.67. The molecule has 1 aliphatic heterocycles. The van der Waals surface area contributed by atoms with Crippen molar-refractivity contribution < 1.29 is 17.9 Å². The van der Waals surface area contributed by atoms with Crippen molar-refractivity contribution in [3.8, 4) is 5.75 Å². The number of ether oxygens (including phenoxy) is 1. The van der Waals surface area contributed by atoms with E-state index in [-0.39, 0.29) is 23.6 Å². The minimum absolute atomic E-state index is 0.0505. The molecule has 2 aromatic rings. The number of para-hydroxylation sites is 1. The third kappa shape index (κ3) is 6.87. The topological polar surface area (TPSA) is 75.7 Å². The van der Waals surface area contributed by atoms with Gasteiger partial charge in [-0.1, -0.05) is 68.2 Å². The number of halogens is 2. The van der Waals surface area contributed by atoms with Crippen LogP contribution in [-0.4, -0.2) is 44.9 Å². The summed E-state index contributed by atoms with van der Waals surface area (Å²) in [5.41, 5.74) is 1.43. The number of nitrogens with one attached hydrogen (secondary N) is 1. The van der Waals surface area contributed by atoms with Crippen molar-refractivity contribution in [2.24, 2.45) is 5.92 Å². The molecule has 1 fully saturated rings. The first-order chi connectivity index (χ1) is 16.0. The van der Waals surface area contributed by atoms with E-state index in [0.29, 0.717) is 48.1 Å². The average molecular weight is 528 g/mol. The van der Waals surface area contributed by atoms with Gasteiger partial charge in [-0.2, -0.15) is 0 Å². The molecule has 1 aliphatic rings. The normalized spacial score (nSPS) is 17.4. The number of carbonyl (C=O) groups is 1. The summed E-state index contributed by atoms with van der Waals surface area (Å²) >= 11 is 12.3. The third-order valence-corrected chi connectivity index (χ3v) is 8.37. The van der Waals surface area contributed by atoms with Crippen LogP contribution in [-0.2, 0) is 26.0 Å². The molecule has 6 nitrogen and oxygen atoms in total. The molecule has 34 heavy (non-hydrogen) atoms. The fraction of sp³-hybridized carbons (Fsp3) is 0.480. The van der Waals surface area contributed by atoms with Gasteiger partial charge in [0, 0.05) is 28.7 Å². The largest absolute Gasteiger partial charge is 0.491 e. The van der Waals surface area contributed by atoms with Crippen LogP contribution in [0.5, 0.6) is 5.75 Å². The van der Waals surface area contributed by atoms with Crippen LogP contribution < -0.4 is 10.1 Å². The number of carbonyl (C=O) groups excluding carboxylic acids is 1. The van der Waals surface area contributed by atoms with Crippen molar-refractivity contribution in [1.29, 1.82) is 0 Å². The number of sulfonamides is 1. The maximum absolute atomic E-state index is 13.0. The Hall–Kier alpha value is -1.80. The van der Waals surface area contributed by atoms with Crippen LogP contribution in [0, 0.1) is 5.92 Å². The van der Waals surface area contributed by atoms with Crippen LogP contribution in [0.3, 0.4) is 0 Å². The highest BCUT2D eigenvalue weighted by atomic mass is 35.5. The second-order valence-corrected chi connectivity index (χ2v) is 12.3. The molecule has 0 saturated carbocycles. The van der Waals surface area contributed by atoms with Gasteiger partial charge in [0.15, 0.2) is 0 Å². The highest BCUT2D eigenvalue weighted by Crippen LogP contribution is 2.31. The summed E-state index contributed by atoms with van der Waals surface area (Å²) in [6.07, 6.45) is 1.25. The highest BCUT2D eigenvalue weighted by Gasteiger charge is 2.33. The fourth-order valence-corrected chi connectivity index (χ4v) is 6.41. The van der Waals surface area contributed by atoms with E-state index >= 15 is 0 Å². The van der Waals surface area contributed by atoms with Crippen LogP contribution in [0.15, 0.2) is 42.5 Å². The molecule has 0 bridgehead atoms. The van der Waals surface area contributed by atoms with Crippen molar-refractivity contribution in [2.75, 3.05) is 26.2 Å². The standard InChI is InChI=1S/C25H32Cl2N2O4S/c1-25(2,3)20-9-4-5-12-23(20)33-15-13-28-24(30)18-8-7-14-29(16-18)34(31,32)17-19-21(26)10-6-11-22(19)27/h4-6,9-12,18H,7-8,13-17H2,1-3H3,(H,28,30). The van der Waals surface area contributed by atoms with E-state index in [4.69, 9.17) is 27.9 Å². The molecule has 1 N–H and O–H groups in total. The van der Waals surface area contributed by atoms with E-state index in [1.807, 2.05) is 24.3 Å². The molecule has 1 heterocycles. The first-order valence-electron chi connectivity index (χ1n) is 11.4. The van der Waals surface area contributed by atoms with Crippen LogP contribution in [0.25, 0.3) is 0 Å². The lowest BCUT2D eigenvalue weighted by atomic mass is 9.86. The molecule has 0 aliphatic carbocycles. The Morgan fingerprint density at radius 1 is 1.12 bits per heavy atom. The monoisotopic (exact) mass is 526 g/mol. The lowest BCUT2D eigenvalue weighted by Crippen LogP contribution is -2.46. The smallest absolute Gasteiger partial charge is 0.224 e. The minimum atomic E-state index is -3.67. The summed E-state index contributed by atoms with van der Waals surface area (Å²) in [5.74, 6) is -0.0613. The highest BCUT2D eigenvalue weighted by molar-refractivity contribution is 7.88. The van der Waals surface area contributed by atoms with E-state index in [1.165, 1.54) is 4.31 Å². The zero-order valence-electron chi connectivity index (χ0n) is 19.8. The van der Waals surface area contributed by atoms with E-state index in [9.17, 15) is 13.2 Å². The molecular weight excluding hydrogens is 495 g/mol. The van der Waals surface area contributed by atoms with Gasteiger partial charge in [-0.15, -0.1) is 0 Å². The molecule has 0 spiro atoms. The van der Waals surface area contributed by atoms with Gasteiger partial charge < -0.3 is 10.1 Å². The summed E-state index contributed by atoms with van der Waals surface area (Å²) in [5, 5.41) is 3.52. The van der Waals surface area contributed by atoms with E-state index in [2.05, 4.69) is 26.1 Å². The van der Waals surface area contributed by atoms with Gasteiger partial charge in [0.05, 0.1) is 18.2 Å². The van der Waals surface area contributed by atoms with Crippen molar-refractivity contribution in [1.82, 2.24) is 9.62 Å². The van der Waals surface area contributed by atoms with Crippen molar-refractivity contribution in [3.63, 3.8) is 0 Å². The Kier molecular flexibility index (Phi) is 8.90. The van der Waals surface area contributed by atoms with Gasteiger partial charge in [-0.25, -0.2) is 12.7 Å². The summed E-state index contributed by atoms with van der Waals surface area (Å²) in [6.45, 7) is 7.57. The maximum Gasteiger partial charge on any atom is 0.224 e. The maximum atomic E-state index is 13.0. The van der Waals surface area contributed by atoms with E-state index < -0.39 is 15.9 Å². The average Bonchev–Trinajstić information content (AvgIpc) is 2.79. The summed E-state index contributed by atoms with van der Waals surface area (Å²) < 4.78 is 33.3. The Labute approximate surface area is 212 Å². The zero-order valence-corrected chi connectivity index (χ0v) is 22.1. The molecular formula is C25H32Cl2N2O4S. The lowest BCUT2D eigenvalue weighted by molar-refractivity contribution is -0.126. The van der Waals surface area contributed by atoms with Gasteiger partial charge in [-0.3, -0.25) is 4.79 Å². The molecule has 1 atom stereocenters. The Balaban J connectivity index is 1.54. The Morgan fingerprint density at radius 3 is 2.47 bits per heavy atom. The van der Waals surface area contributed by atoms with Crippen molar-refractivity contribution in [2.45, 2.75) is 44.8 Å². The summed E-state index contributed by atoms with van der Waals surface area (Å²) in [6, 6.07) is 12.8. The first-order valence-corrected chi connectivity index (χ1v) is 13.8. The Bertz CT molecular complexity index is 1100. The predicted molar refractivity (Wildman–Crippen MR) is 137 cm³/mol. The molecule has 1 unspecified atom stereocenters. The van der Waals surface area contributed by atoms with Crippen molar-refractivity contribution >= 4 is 39.1 Å². The number of hydrogen-bond donors (Lipinski definition) is 1. The summed E-state index contributed by atoms with van der Waals surface area (Å²) in [4.78, 5) is 12.7. The van der Waals surface area contributed by atoms with E-state index in [1.54, 1.807) is 18.2 Å². The number of rotatable bonds is 8. The second kappa shape index (κ2) is 11.3. The number of benzene rings is 2.